The molecule has 0 N–H and O–H groups in total. The summed E-state index contributed by atoms with van der Waals surface area (Å²) >= 11 is 0. The van der Waals surface area contributed by atoms with Gasteiger partial charge in [0.15, 0.2) is 5.69 Å². The molecule has 0 spiro atoms. The van der Waals surface area contributed by atoms with Crippen LogP contribution in [-0.4, -0.2) is 76.2 Å². The molecule has 1 saturated heterocycles. The number of rotatable bonds is 5. The standard InChI is InChI=1S/C23H33N5O/c1-4-27-12-14-28(15-13-27)19-10-11-21-20(16-19)22(24-26(21)3)23(29)25(2)17-18-8-6-5-7-9-18/h5-9,19H,4,10-17H2,1-3H3. The number of likely N-dealkylation sites (N-methyl/N-ethyl adjacent to an activating group) is 1. The average molecular weight is 396 g/mol. The van der Waals surface area contributed by atoms with Crippen LogP contribution in [0.2, 0.25) is 0 Å². The lowest BCUT2D eigenvalue weighted by Crippen LogP contribution is -2.51. The summed E-state index contributed by atoms with van der Waals surface area (Å²) in [5, 5.41) is 4.66. The number of piperazine rings is 1. The van der Waals surface area contributed by atoms with E-state index in [1.807, 2.05) is 37.0 Å². The third-order valence-electron chi connectivity index (χ3n) is 6.61. The molecule has 0 bridgehead atoms. The minimum Gasteiger partial charge on any atom is -0.336 e. The molecule has 156 valence electrons. The van der Waals surface area contributed by atoms with Crippen LogP contribution in [0.3, 0.4) is 0 Å². The molecule has 29 heavy (non-hydrogen) atoms. The highest BCUT2D eigenvalue weighted by Crippen LogP contribution is 2.28. The zero-order valence-corrected chi connectivity index (χ0v) is 18.0. The predicted octanol–water partition coefficient (Wildman–Crippen LogP) is 2.19. The smallest absolute Gasteiger partial charge is 0.274 e. The zero-order valence-electron chi connectivity index (χ0n) is 18.0. The number of benzene rings is 1. The summed E-state index contributed by atoms with van der Waals surface area (Å²) in [6.07, 6.45) is 3.11. The molecule has 1 aromatic carbocycles. The van der Waals surface area contributed by atoms with Crippen LogP contribution in [0.15, 0.2) is 30.3 Å². The number of hydrogen-bond acceptors (Lipinski definition) is 4. The van der Waals surface area contributed by atoms with Crippen molar-refractivity contribution in [2.45, 2.75) is 38.8 Å². The summed E-state index contributed by atoms with van der Waals surface area (Å²) in [7, 11) is 3.86. The summed E-state index contributed by atoms with van der Waals surface area (Å²) in [4.78, 5) is 20.2. The van der Waals surface area contributed by atoms with Crippen LogP contribution < -0.4 is 0 Å². The number of amides is 1. The normalized spacial score (nSPS) is 20.4. The lowest BCUT2D eigenvalue weighted by atomic mass is 9.89. The maximum absolute atomic E-state index is 13.2. The zero-order chi connectivity index (χ0) is 20.4. The Morgan fingerprint density at radius 3 is 2.59 bits per heavy atom. The van der Waals surface area contributed by atoms with Crippen LogP contribution in [0, 0.1) is 0 Å². The van der Waals surface area contributed by atoms with Crippen molar-refractivity contribution in [3.8, 4) is 0 Å². The molecular weight excluding hydrogens is 362 g/mol. The number of aryl methyl sites for hydroxylation is 1. The van der Waals surface area contributed by atoms with Gasteiger partial charge < -0.3 is 9.80 Å². The molecular formula is C23H33N5O. The number of nitrogens with zero attached hydrogens (tertiary/aromatic N) is 5. The van der Waals surface area contributed by atoms with E-state index in [1.54, 1.807) is 4.90 Å². The van der Waals surface area contributed by atoms with Crippen LogP contribution in [-0.2, 0) is 26.4 Å². The molecule has 1 aliphatic heterocycles. The fourth-order valence-corrected chi connectivity index (χ4v) is 4.81. The molecule has 0 radical (unpaired) electrons. The van der Waals surface area contributed by atoms with Crippen molar-refractivity contribution >= 4 is 5.91 Å². The minimum absolute atomic E-state index is 0.0298. The summed E-state index contributed by atoms with van der Waals surface area (Å²) in [5.74, 6) is 0.0298. The van der Waals surface area contributed by atoms with E-state index in [1.165, 1.54) is 11.3 Å². The number of carbonyl (C=O) groups excluding carboxylic acids is 1. The van der Waals surface area contributed by atoms with Gasteiger partial charge in [0, 0.05) is 64.1 Å². The van der Waals surface area contributed by atoms with Crippen molar-refractivity contribution in [3.63, 3.8) is 0 Å². The quantitative estimate of drug-likeness (QED) is 0.779. The molecule has 1 atom stereocenters. The molecule has 1 aliphatic carbocycles. The minimum atomic E-state index is 0.0298. The SMILES string of the molecule is CCN1CCN(C2CCc3c(c(C(=O)N(C)Cc4ccccc4)nn3C)C2)CC1. The van der Waals surface area contributed by atoms with Gasteiger partial charge in [-0.25, -0.2) is 0 Å². The first-order chi connectivity index (χ1) is 14.1. The molecule has 0 saturated carbocycles. The Bertz CT molecular complexity index is 838. The summed E-state index contributed by atoms with van der Waals surface area (Å²) in [6, 6.07) is 10.7. The Balaban J connectivity index is 1.48. The number of carbonyl (C=O) groups is 1. The monoisotopic (exact) mass is 395 g/mol. The van der Waals surface area contributed by atoms with E-state index in [2.05, 4.69) is 34.0 Å². The van der Waals surface area contributed by atoms with Gasteiger partial charge in [-0.1, -0.05) is 37.3 Å². The van der Waals surface area contributed by atoms with Crippen LogP contribution in [0.1, 0.15) is 40.7 Å². The van der Waals surface area contributed by atoms with Crippen LogP contribution in [0.25, 0.3) is 0 Å². The van der Waals surface area contributed by atoms with E-state index in [4.69, 9.17) is 0 Å². The second kappa shape index (κ2) is 8.67. The highest BCUT2D eigenvalue weighted by atomic mass is 16.2. The third-order valence-corrected chi connectivity index (χ3v) is 6.61. The van der Waals surface area contributed by atoms with Gasteiger partial charge >= 0.3 is 0 Å². The Morgan fingerprint density at radius 2 is 1.90 bits per heavy atom. The maximum Gasteiger partial charge on any atom is 0.274 e. The molecule has 1 unspecified atom stereocenters. The Labute approximate surface area is 174 Å². The predicted molar refractivity (Wildman–Crippen MR) is 115 cm³/mol. The second-order valence-electron chi connectivity index (χ2n) is 8.41. The first kappa shape index (κ1) is 20.1. The topological polar surface area (TPSA) is 44.6 Å². The Morgan fingerprint density at radius 1 is 1.17 bits per heavy atom. The van der Waals surface area contributed by atoms with Gasteiger partial charge in [-0.15, -0.1) is 0 Å². The highest BCUT2D eigenvalue weighted by molar-refractivity contribution is 5.94. The van der Waals surface area contributed by atoms with Crippen molar-refractivity contribution in [1.82, 2.24) is 24.5 Å². The van der Waals surface area contributed by atoms with E-state index in [0.717, 1.165) is 57.5 Å². The first-order valence-electron chi connectivity index (χ1n) is 10.9. The van der Waals surface area contributed by atoms with Crippen molar-refractivity contribution in [1.29, 1.82) is 0 Å². The van der Waals surface area contributed by atoms with Gasteiger partial charge in [-0.05, 0) is 31.4 Å². The summed E-state index contributed by atoms with van der Waals surface area (Å²) in [5.41, 5.74) is 4.20. The first-order valence-corrected chi connectivity index (χ1v) is 10.9. The maximum atomic E-state index is 13.2. The van der Waals surface area contributed by atoms with Crippen molar-refractivity contribution in [2.24, 2.45) is 7.05 Å². The van der Waals surface area contributed by atoms with Gasteiger partial charge in [0.25, 0.3) is 5.91 Å². The molecule has 1 aromatic heterocycles. The van der Waals surface area contributed by atoms with Gasteiger partial charge in [0.2, 0.25) is 0 Å². The molecule has 2 heterocycles. The van der Waals surface area contributed by atoms with Gasteiger partial charge in [-0.3, -0.25) is 14.4 Å². The number of hydrogen-bond donors (Lipinski definition) is 0. The molecule has 2 aromatic rings. The average Bonchev–Trinajstić information content (AvgIpc) is 3.09. The fraction of sp³-hybridized carbons (Fsp3) is 0.565. The molecule has 1 fully saturated rings. The highest BCUT2D eigenvalue weighted by Gasteiger charge is 2.33. The second-order valence-corrected chi connectivity index (χ2v) is 8.41. The third kappa shape index (κ3) is 4.23. The van der Waals surface area contributed by atoms with E-state index in [9.17, 15) is 4.79 Å². The molecule has 6 heteroatoms. The Kier molecular flexibility index (Phi) is 6.01. The summed E-state index contributed by atoms with van der Waals surface area (Å²) < 4.78 is 1.93. The van der Waals surface area contributed by atoms with Gasteiger partial charge in [0.05, 0.1) is 0 Å². The van der Waals surface area contributed by atoms with Gasteiger partial charge in [0.1, 0.15) is 0 Å². The van der Waals surface area contributed by atoms with Crippen LogP contribution in [0.5, 0.6) is 0 Å². The lowest BCUT2D eigenvalue weighted by Gasteiger charge is -2.40. The molecule has 6 nitrogen and oxygen atoms in total. The van der Waals surface area contributed by atoms with E-state index in [-0.39, 0.29) is 5.91 Å². The van der Waals surface area contributed by atoms with Crippen LogP contribution in [0.4, 0.5) is 0 Å². The lowest BCUT2D eigenvalue weighted by molar-refractivity contribution is 0.0773. The molecule has 4 rings (SSSR count). The van der Waals surface area contributed by atoms with Crippen LogP contribution >= 0.6 is 0 Å². The van der Waals surface area contributed by atoms with Gasteiger partial charge in [-0.2, -0.15) is 5.10 Å². The molecule has 1 amide bonds. The largest absolute Gasteiger partial charge is 0.336 e. The van der Waals surface area contributed by atoms with E-state index in [0.29, 0.717) is 18.3 Å². The number of fused-ring (bicyclic) bond motifs is 1. The van der Waals surface area contributed by atoms with E-state index >= 15 is 0 Å². The van der Waals surface area contributed by atoms with Crippen molar-refractivity contribution in [3.05, 3.63) is 52.8 Å². The Hall–Kier alpha value is -2.18. The number of aromatic nitrogens is 2. The fourth-order valence-electron chi connectivity index (χ4n) is 4.81. The van der Waals surface area contributed by atoms with Crippen molar-refractivity contribution in [2.75, 3.05) is 39.8 Å². The van der Waals surface area contributed by atoms with Crippen molar-refractivity contribution < 1.29 is 4.79 Å². The van der Waals surface area contributed by atoms with E-state index < -0.39 is 0 Å². The molecule has 2 aliphatic rings. The summed E-state index contributed by atoms with van der Waals surface area (Å²) in [6.45, 7) is 8.54.